The number of nitrogens with zero attached hydrogens (tertiary/aromatic N) is 5. The number of aryl methyl sites for hydroxylation is 1. The molecule has 0 amide bonds. The molecule has 1 aromatic carbocycles. The molecule has 1 N–H and O–H groups in total. The Morgan fingerprint density at radius 3 is 3.03 bits per heavy atom. The molecule has 1 aliphatic rings. The predicted molar refractivity (Wildman–Crippen MR) is 123 cm³/mol. The number of thioether (sulfide) groups is 1. The van der Waals surface area contributed by atoms with Crippen LogP contribution in [-0.2, 0) is 17.7 Å². The molecule has 9 heteroatoms. The zero-order chi connectivity index (χ0) is 21.9. The van der Waals surface area contributed by atoms with E-state index >= 15 is 0 Å². The van der Waals surface area contributed by atoms with Crippen molar-refractivity contribution < 1.29 is 9.26 Å². The Bertz CT molecular complexity index is 1180. The van der Waals surface area contributed by atoms with Crippen LogP contribution in [-0.4, -0.2) is 42.6 Å². The third-order valence-electron chi connectivity index (χ3n) is 5.82. The molecule has 2 unspecified atom stereocenters. The lowest BCUT2D eigenvalue weighted by Crippen LogP contribution is -2.16. The Labute approximate surface area is 191 Å². The summed E-state index contributed by atoms with van der Waals surface area (Å²) in [6.45, 7) is 5.77. The van der Waals surface area contributed by atoms with Crippen LogP contribution in [0.3, 0.4) is 0 Å². The van der Waals surface area contributed by atoms with Crippen LogP contribution in [0.15, 0.2) is 40.1 Å². The summed E-state index contributed by atoms with van der Waals surface area (Å²) in [6.07, 6.45) is 7.34. The Hall–Kier alpha value is -2.65. The van der Waals surface area contributed by atoms with E-state index in [-0.39, 0.29) is 11.4 Å². The molecule has 0 aliphatic carbocycles. The summed E-state index contributed by atoms with van der Waals surface area (Å²) in [5.41, 5.74) is 2.13. The first-order valence-corrected chi connectivity index (χ1v) is 12.2. The molecule has 8 nitrogen and oxygen atoms in total. The van der Waals surface area contributed by atoms with Gasteiger partial charge in [-0.25, -0.2) is 0 Å². The molecular weight excluding hydrogens is 424 g/mol. The maximum absolute atomic E-state index is 5.94. The summed E-state index contributed by atoms with van der Waals surface area (Å²) in [5.74, 6) is 2.25. The number of hydrogen-bond donors (Lipinski definition) is 1. The van der Waals surface area contributed by atoms with Crippen LogP contribution >= 0.6 is 11.8 Å². The van der Waals surface area contributed by atoms with Crippen molar-refractivity contribution in [1.82, 2.24) is 29.9 Å². The fraction of sp³-hybridized carbons (Fsp3) is 0.478. The number of aromatic nitrogens is 6. The molecule has 4 heterocycles. The molecule has 1 fully saturated rings. The molecule has 32 heavy (non-hydrogen) atoms. The molecule has 3 aromatic heterocycles. The lowest BCUT2D eigenvalue weighted by atomic mass is 10.1. The van der Waals surface area contributed by atoms with Gasteiger partial charge in [-0.1, -0.05) is 48.5 Å². The average molecular weight is 453 g/mol. The molecule has 0 saturated carbocycles. The number of para-hydroxylation sites is 1. The fourth-order valence-corrected chi connectivity index (χ4v) is 4.95. The molecule has 0 bridgehead atoms. The standard InChI is InChI=1S/C23H28N6O2S/c1-3-4-11-20-25-22(31-28-20)15(2)32-23-27-26-21(29(23)14-16-8-7-12-30-16)18-13-24-19-10-6-5-9-17(18)19/h5-6,9-10,13,15-16,24H,3-4,7-8,11-12,14H2,1-2H3. The molecule has 1 aliphatic heterocycles. The molecule has 5 rings (SSSR count). The first kappa shape index (κ1) is 21.2. The largest absolute Gasteiger partial charge is 0.376 e. The number of rotatable bonds is 9. The van der Waals surface area contributed by atoms with E-state index in [1.54, 1.807) is 11.8 Å². The van der Waals surface area contributed by atoms with Crippen molar-refractivity contribution >= 4 is 22.7 Å². The van der Waals surface area contributed by atoms with Crippen molar-refractivity contribution in [2.24, 2.45) is 0 Å². The first-order valence-electron chi connectivity index (χ1n) is 11.3. The van der Waals surface area contributed by atoms with Gasteiger partial charge in [0.2, 0.25) is 5.89 Å². The smallest absolute Gasteiger partial charge is 0.239 e. The van der Waals surface area contributed by atoms with E-state index in [1.165, 1.54) is 0 Å². The number of ether oxygens (including phenoxy) is 1. The minimum Gasteiger partial charge on any atom is -0.376 e. The van der Waals surface area contributed by atoms with Gasteiger partial charge in [0.25, 0.3) is 0 Å². The Balaban J connectivity index is 1.44. The van der Waals surface area contributed by atoms with Crippen molar-refractivity contribution in [3.8, 4) is 11.4 Å². The lowest BCUT2D eigenvalue weighted by molar-refractivity contribution is 0.0953. The summed E-state index contributed by atoms with van der Waals surface area (Å²) >= 11 is 1.59. The summed E-state index contributed by atoms with van der Waals surface area (Å²) in [4.78, 5) is 7.94. The number of benzene rings is 1. The second-order valence-corrected chi connectivity index (χ2v) is 9.52. The van der Waals surface area contributed by atoms with Crippen LogP contribution < -0.4 is 0 Å². The quantitative estimate of drug-likeness (QED) is 0.349. The summed E-state index contributed by atoms with van der Waals surface area (Å²) < 4.78 is 13.7. The molecule has 0 radical (unpaired) electrons. The number of aromatic amines is 1. The van der Waals surface area contributed by atoms with E-state index in [0.717, 1.165) is 78.5 Å². The summed E-state index contributed by atoms with van der Waals surface area (Å²) in [6, 6.07) is 8.26. The monoisotopic (exact) mass is 452 g/mol. The number of H-pyrrole nitrogens is 1. The molecule has 4 aromatic rings. The van der Waals surface area contributed by atoms with Gasteiger partial charge < -0.3 is 14.2 Å². The van der Waals surface area contributed by atoms with E-state index in [9.17, 15) is 0 Å². The zero-order valence-corrected chi connectivity index (χ0v) is 19.3. The van der Waals surface area contributed by atoms with Gasteiger partial charge in [0.1, 0.15) is 0 Å². The maximum atomic E-state index is 5.94. The first-order chi connectivity index (χ1) is 15.7. The van der Waals surface area contributed by atoms with E-state index in [2.05, 4.69) is 55.9 Å². The minimum absolute atomic E-state index is 0.0267. The Kier molecular flexibility index (Phi) is 6.27. The highest BCUT2D eigenvalue weighted by atomic mass is 32.2. The third kappa shape index (κ3) is 4.31. The minimum atomic E-state index is -0.0267. The summed E-state index contributed by atoms with van der Waals surface area (Å²) in [5, 5.41) is 15.2. The number of fused-ring (bicyclic) bond motifs is 1. The second-order valence-electron chi connectivity index (χ2n) is 8.21. The fourth-order valence-electron chi connectivity index (χ4n) is 4.07. The number of nitrogens with one attached hydrogen (secondary N) is 1. The van der Waals surface area contributed by atoms with Crippen molar-refractivity contribution in [2.45, 2.75) is 69.0 Å². The van der Waals surface area contributed by atoms with E-state index in [0.29, 0.717) is 5.89 Å². The van der Waals surface area contributed by atoms with E-state index in [1.807, 2.05) is 18.3 Å². The van der Waals surface area contributed by atoms with E-state index in [4.69, 9.17) is 9.26 Å². The highest BCUT2D eigenvalue weighted by molar-refractivity contribution is 7.99. The topological polar surface area (TPSA) is 94.7 Å². The van der Waals surface area contributed by atoms with Crippen LogP contribution in [0.5, 0.6) is 0 Å². The normalized spacial score (nSPS) is 17.4. The van der Waals surface area contributed by atoms with Gasteiger partial charge in [-0.05, 0) is 32.3 Å². The van der Waals surface area contributed by atoms with Crippen LogP contribution in [0, 0.1) is 0 Å². The van der Waals surface area contributed by atoms with Gasteiger partial charge in [-0.3, -0.25) is 4.57 Å². The van der Waals surface area contributed by atoms with Crippen molar-refractivity contribution in [2.75, 3.05) is 6.61 Å². The van der Waals surface area contributed by atoms with Crippen LogP contribution in [0.1, 0.15) is 56.5 Å². The average Bonchev–Trinajstić information content (AvgIpc) is 3.60. The zero-order valence-electron chi connectivity index (χ0n) is 18.5. The molecular formula is C23H28N6O2S. The van der Waals surface area contributed by atoms with Gasteiger partial charge in [0.05, 0.1) is 17.9 Å². The lowest BCUT2D eigenvalue weighted by Gasteiger charge is -2.15. The number of hydrogen-bond acceptors (Lipinski definition) is 7. The van der Waals surface area contributed by atoms with Gasteiger partial charge in [-0.15, -0.1) is 10.2 Å². The van der Waals surface area contributed by atoms with Gasteiger partial charge in [0, 0.05) is 35.7 Å². The van der Waals surface area contributed by atoms with Crippen molar-refractivity contribution in [3.63, 3.8) is 0 Å². The van der Waals surface area contributed by atoms with E-state index < -0.39 is 0 Å². The van der Waals surface area contributed by atoms with Gasteiger partial charge in [-0.2, -0.15) is 4.98 Å². The number of unbranched alkanes of at least 4 members (excludes halogenated alkanes) is 1. The van der Waals surface area contributed by atoms with Gasteiger partial charge >= 0.3 is 0 Å². The molecule has 2 atom stereocenters. The third-order valence-corrected chi connectivity index (χ3v) is 6.89. The van der Waals surface area contributed by atoms with Crippen LogP contribution in [0.2, 0.25) is 0 Å². The molecule has 1 saturated heterocycles. The molecule has 0 spiro atoms. The van der Waals surface area contributed by atoms with Crippen molar-refractivity contribution in [1.29, 1.82) is 0 Å². The summed E-state index contributed by atoms with van der Waals surface area (Å²) in [7, 11) is 0. The SMILES string of the molecule is CCCCc1noc(C(C)Sc2nnc(-c3c[nH]c4ccccc34)n2CC2CCCO2)n1. The van der Waals surface area contributed by atoms with Crippen LogP contribution in [0.4, 0.5) is 0 Å². The van der Waals surface area contributed by atoms with Crippen molar-refractivity contribution in [3.05, 3.63) is 42.2 Å². The van der Waals surface area contributed by atoms with Crippen LogP contribution in [0.25, 0.3) is 22.3 Å². The maximum Gasteiger partial charge on any atom is 0.239 e. The highest BCUT2D eigenvalue weighted by Crippen LogP contribution is 2.36. The Morgan fingerprint density at radius 1 is 1.28 bits per heavy atom. The van der Waals surface area contributed by atoms with Gasteiger partial charge in [0.15, 0.2) is 16.8 Å². The second kappa shape index (κ2) is 9.46. The Morgan fingerprint density at radius 2 is 2.19 bits per heavy atom. The predicted octanol–water partition coefficient (Wildman–Crippen LogP) is 5.18. The molecule has 168 valence electrons. The highest BCUT2D eigenvalue weighted by Gasteiger charge is 2.25.